The molecule has 20 heavy (non-hydrogen) atoms. The molecule has 2 radical (unpaired) electrons. The van der Waals surface area contributed by atoms with Gasteiger partial charge in [-0.2, -0.15) is 0 Å². The molecule has 0 saturated carbocycles. The molecular weight excluding hydrogens is 315 g/mol. The van der Waals surface area contributed by atoms with E-state index in [-0.39, 0.29) is 11.8 Å². The molecule has 0 aliphatic rings. The van der Waals surface area contributed by atoms with E-state index in [1.807, 2.05) is 24.3 Å². The topological polar surface area (TPSA) is 58.2 Å². The number of carbonyl (C=O) groups excluding carboxylic acids is 2. The van der Waals surface area contributed by atoms with Crippen LogP contribution in [0.1, 0.15) is 17.3 Å². The standard InChI is InChI=1S/C15H13AsN2O2/c1-10(19)17-14-4-2-3-11(9-14)15(20)18-13-7-5-12(16)6-8-13/h2-9H,1H3,(H,17,19)(H,18,20). The van der Waals surface area contributed by atoms with Crippen LogP contribution in [0.25, 0.3) is 0 Å². The second-order valence-electron chi connectivity index (χ2n) is 4.26. The van der Waals surface area contributed by atoms with E-state index in [1.165, 1.54) is 6.92 Å². The molecular formula is C15H13AsN2O2. The quantitative estimate of drug-likeness (QED) is 0.843. The number of anilines is 2. The van der Waals surface area contributed by atoms with Gasteiger partial charge in [0, 0.05) is 0 Å². The Morgan fingerprint density at radius 3 is 2.30 bits per heavy atom. The molecule has 100 valence electrons. The number of nitrogens with one attached hydrogen (secondary N) is 2. The van der Waals surface area contributed by atoms with Gasteiger partial charge < -0.3 is 0 Å². The van der Waals surface area contributed by atoms with E-state index in [0.717, 1.165) is 10.0 Å². The first-order chi connectivity index (χ1) is 9.54. The van der Waals surface area contributed by atoms with E-state index < -0.39 is 0 Å². The average Bonchev–Trinajstić information content (AvgIpc) is 2.41. The molecule has 0 fully saturated rings. The molecule has 0 atom stereocenters. The van der Waals surface area contributed by atoms with Crippen molar-refractivity contribution < 1.29 is 9.59 Å². The van der Waals surface area contributed by atoms with E-state index in [2.05, 4.69) is 27.5 Å². The zero-order chi connectivity index (χ0) is 14.5. The number of rotatable bonds is 3. The van der Waals surface area contributed by atoms with Gasteiger partial charge in [0.15, 0.2) is 0 Å². The molecule has 4 nitrogen and oxygen atoms in total. The van der Waals surface area contributed by atoms with E-state index >= 15 is 0 Å². The normalized spacial score (nSPS) is 9.90. The van der Waals surface area contributed by atoms with Crippen LogP contribution in [0.3, 0.4) is 0 Å². The molecule has 2 aromatic rings. The SMILES string of the molecule is CC(=O)Nc1cccc(C(=O)Nc2ccc([As])cc2)c1. The molecule has 0 bridgehead atoms. The monoisotopic (exact) mass is 328 g/mol. The molecule has 0 saturated heterocycles. The number of benzene rings is 2. The Labute approximate surface area is 126 Å². The zero-order valence-corrected chi connectivity index (χ0v) is 12.8. The molecule has 0 unspecified atom stereocenters. The molecule has 0 aliphatic carbocycles. The van der Waals surface area contributed by atoms with E-state index in [9.17, 15) is 9.59 Å². The molecule has 0 heterocycles. The summed E-state index contributed by atoms with van der Waals surface area (Å²) in [5.74, 6) is -0.380. The molecule has 2 amide bonds. The van der Waals surface area contributed by atoms with Crippen molar-refractivity contribution in [1.29, 1.82) is 0 Å². The maximum atomic E-state index is 12.1. The third-order valence-corrected chi connectivity index (χ3v) is 3.20. The molecule has 2 aromatic carbocycles. The molecule has 2 N–H and O–H groups in total. The van der Waals surface area contributed by atoms with Crippen molar-refractivity contribution in [2.45, 2.75) is 6.92 Å². The van der Waals surface area contributed by atoms with Gasteiger partial charge in [-0.3, -0.25) is 0 Å². The zero-order valence-electron chi connectivity index (χ0n) is 10.9. The van der Waals surface area contributed by atoms with Crippen LogP contribution in [0.2, 0.25) is 0 Å². The van der Waals surface area contributed by atoms with E-state index in [0.29, 0.717) is 11.3 Å². The van der Waals surface area contributed by atoms with Crippen molar-refractivity contribution in [2.24, 2.45) is 0 Å². The predicted octanol–water partition coefficient (Wildman–Crippen LogP) is 1.69. The Hall–Kier alpha value is -2.06. The summed E-state index contributed by atoms with van der Waals surface area (Å²) in [7, 11) is 0. The Kier molecular flexibility index (Phi) is 4.59. The number of amides is 2. The molecule has 2 rings (SSSR count). The fourth-order valence-corrected chi connectivity index (χ4v) is 2.00. The first-order valence-corrected chi connectivity index (χ1v) is 6.96. The van der Waals surface area contributed by atoms with Gasteiger partial charge in [0.2, 0.25) is 0 Å². The summed E-state index contributed by atoms with van der Waals surface area (Å²) in [5.41, 5.74) is 1.83. The van der Waals surface area contributed by atoms with Crippen LogP contribution >= 0.6 is 0 Å². The molecule has 0 aromatic heterocycles. The van der Waals surface area contributed by atoms with Gasteiger partial charge in [-0.15, -0.1) is 0 Å². The van der Waals surface area contributed by atoms with Crippen molar-refractivity contribution in [3.63, 3.8) is 0 Å². The summed E-state index contributed by atoms with van der Waals surface area (Å²) in [6.07, 6.45) is 0. The number of hydrogen-bond acceptors (Lipinski definition) is 2. The molecule has 5 heteroatoms. The fraction of sp³-hybridized carbons (Fsp3) is 0.0667. The summed E-state index contributed by atoms with van der Waals surface area (Å²) in [4.78, 5) is 23.1. The second-order valence-corrected chi connectivity index (χ2v) is 5.35. The van der Waals surface area contributed by atoms with Crippen molar-refractivity contribution in [2.75, 3.05) is 10.6 Å². The third kappa shape index (κ3) is 3.97. The first kappa shape index (κ1) is 14.3. The first-order valence-electron chi connectivity index (χ1n) is 6.02. The fourth-order valence-electron chi connectivity index (χ4n) is 1.69. The summed E-state index contributed by atoms with van der Waals surface area (Å²) in [6.45, 7) is 1.43. The maximum absolute atomic E-state index is 12.1. The van der Waals surface area contributed by atoms with Crippen LogP contribution in [0, 0.1) is 0 Å². The molecule has 0 aliphatic heterocycles. The van der Waals surface area contributed by atoms with Crippen LogP contribution in [0.15, 0.2) is 48.5 Å². The minimum atomic E-state index is -0.212. The van der Waals surface area contributed by atoms with Gasteiger partial charge in [-0.25, -0.2) is 0 Å². The van der Waals surface area contributed by atoms with Gasteiger partial charge >= 0.3 is 126 Å². The van der Waals surface area contributed by atoms with Gasteiger partial charge in [-0.05, 0) is 0 Å². The van der Waals surface area contributed by atoms with Gasteiger partial charge in [0.05, 0.1) is 0 Å². The Morgan fingerprint density at radius 1 is 0.950 bits per heavy atom. The van der Waals surface area contributed by atoms with Crippen molar-refractivity contribution in [1.82, 2.24) is 0 Å². The van der Waals surface area contributed by atoms with Gasteiger partial charge in [0.1, 0.15) is 0 Å². The molecule has 0 spiro atoms. The third-order valence-electron chi connectivity index (χ3n) is 2.57. The number of carbonyl (C=O) groups is 2. The Morgan fingerprint density at radius 2 is 1.65 bits per heavy atom. The van der Waals surface area contributed by atoms with Crippen molar-refractivity contribution in [3.05, 3.63) is 54.1 Å². The van der Waals surface area contributed by atoms with Crippen molar-refractivity contribution >= 4 is 44.4 Å². The summed E-state index contributed by atoms with van der Waals surface area (Å²) >= 11 is 2.44. The second kappa shape index (κ2) is 6.40. The number of hydrogen-bond donors (Lipinski definition) is 2. The van der Waals surface area contributed by atoms with Crippen LogP contribution in [0.4, 0.5) is 11.4 Å². The Balaban J connectivity index is 2.12. The van der Waals surface area contributed by atoms with Gasteiger partial charge in [-0.1, -0.05) is 0 Å². The summed E-state index contributed by atoms with van der Waals surface area (Å²) < 4.78 is 1.07. The van der Waals surface area contributed by atoms with Crippen LogP contribution < -0.4 is 15.0 Å². The van der Waals surface area contributed by atoms with E-state index in [4.69, 9.17) is 0 Å². The Bertz CT molecular complexity index is 639. The summed E-state index contributed by atoms with van der Waals surface area (Å²) in [6, 6.07) is 14.3. The summed E-state index contributed by atoms with van der Waals surface area (Å²) in [5, 5.41) is 5.46. The van der Waals surface area contributed by atoms with Gasteiger partial charge in [0.25, 0.3) is 0 Å². The van der Waals surface area contributed by atoms with Crippen LogP contribution in [-0.2, 0) is 4.79 Å². The average molecular weight is 328 g/mol. The minimum absolute atomic E-state index is 0.167. The van der Waals surface area contributed by atoms with Crippen LogP contribution in [0.5, 0.6) is 0 Å². The van der Waals surface area contributed by atoms with Crippen LogP contribution in [-0.4, -0.2) is 28.7 Å². The van der Waals surface area contributed by atoms with Crippen molar-refractivity contribution in [3.8, 4) is 0 Å². The predicted molar refractivity (Wildman–Crippen MR) is 80.5 cm³/mol. The van der Waals surface area contributed by atoms with E-state index in [1.54, 1.807) is 24.3 Å².